The molecule has 0 aliphatic carbocycles. The molecule has 4 nitrogen and oxygen atoms in total. The first-order valence-corrected chi connectivity index (χ1v) is 10.4. The van der Waals surface area contributed by atoms with Crippen LogP contribution >= 0.6 is 0 Å². The Kier molecular flexibility index (Phi) is 4.40. The van der Waals surface area contributed by atoms with Gasteiger partial charge >= 0.3 is 0 Å². The second-order valence-corrected chi connectivity index (χ2v) is 7.47. The summed E-state index contributed by atoms with van der Waals surface area (Å²) in [6.07, 6.45) is 0. The Morgan fingerprint density at radius 1 is 0.531 bits per heavy atom. The normalized spacial score (nSPS) is 11.1. The third-order valence-corrected chi connectivity index (χ3v) is 5.41. The fourth-order valence-corrected chi connectivity index (χ4v) is 3.92. The molecule has 0 aliphatic heterocycles. The van der Waals surface area contributed by atoms with Gasteiger partial charge in [-0.05, 0) is 24.3 Å². The van der Waals surface area contributed by atoms with Crippen LogP contribution in [0.1, 0.15) is 0 Å². The third-order valence-electron chi connectivity index (χ3n) is 5.41. The summed E-state index contributed by atoms with van der Waals surface area (Å²) in [7, 11) is 0. The standard InChI is InChI=1S/C28H18N2O2/c1-2-9-19(10-3-1)23-14-7-17-26(29-23)32-27-18-8-15-24(30-27)22-13-6-12-21-20-11-4-5-16-25(20)31-28(21)22/h1-18H. The van der Waals surface area contributed by atoms with Crippen molar-refractivity contribution in [1.29, 1.82) is 0 Å². The van der Waals surface area contributed by atoms with E-state index in [1.54, 1.807) is 0 Å². The fourth-order valence-electron chi connectivity index (χ4n) is 3.92. The summed E-state index contributed by atoms with van der Waals surface area (Å²) in [5.41, 5.74) is 5.29. The molecule has 0 bridgehead atoms. The zero-order valence-corrected chi connectivity index (χ0v) is 17.1. The second kappa shape index (κ2) is 7.67. The molecular formula is C28H18N2O2. The Hall–Kier alpha value is -4.44. The number of pyridine rings is 2. The monoisotopic (exact) mass is 414 g/mol. The zero-order valence-electron chi connectivity index (χ0n) is 17.1. The summed E-state index contributed by atoms with van der Waals surface area (Å²) in [6.45, 7) is 0. The van der Waals surface area contributed by atoms with Crippen LogP contribution in [0.15, 0.2) is 114 Å². The van der Waals surface area contributed by atoms with Crippen LogP contribution in [0.25, 0.3) is 44.5 Å². The zero-order chi connectivity index (χ0) is 21.3. The summed E-state index contributed by atoms with van der Waals surface area (Å²) in [6, 6.07) is 35.7. The van der Waals surface area contributed by atoms with E-state index < -0.39 is 0 Å². The molecule has 3 heterocycles. The summed E-state index contributed by atoms with van der Waals surface area (Å²) < 4.78 is 12.2. The third kappa shape index (κ3) is 3.28. The van der Waals surface area contributed by atoms with Gasteiger partial charge in [-0.1, -0.05) is 72.8 Å². The predicted molar refractivity (Wildman–Crippen MR) is 127 cm³/mol. The van der Waals surface area contributed by atoms with E-state index >= 15 is 0 Å². The van der Waals surface area contributed by atoms with Gasteiger partial charge in [0.25, 0.3) is 0 Å². The molecule has 0 aliphatic rings. The molecule has 32 heavy (non-hydrogen) atoms. The van der Waals surface area contributed by atoms with Gasteiger partial charge in [0.2, 0.25) is 11.8 Å². The number of benzene rings is 3. The van der Waals surface area contributed by atoms with Crippen molar-refractivity contribution in [3.63, 3.8) is 0 Å². The Morgan fingerprint density at radius 2 is 1.19 bits per heavy atom. The fraction of sp³-hybridized carbons (Fsp3) is 0. The van der Waals surface area contributed by atoms with E-state index in [0.717, 1.165) is 44.5 Å². The highest BCUT2D eigenvalue weighted by atomic mass is 16.5. The molecule has 0 saturated heterocycles. The molecule has 3 aromatic carbocycles. The van der Waals surface area contributed by atoms with Crippen molar-refractivity contribution in [2.75, 3.05) is 0 Å². The summed E-state index contributed by atoms with van der Waals surface area (Å²) in [5.74, 6) is 0.978. The first-order chi connectivity index (χ1) is 15.8. The molecule has 0 amide bonds. The minimum Gasteiger partial charge on any atom is -0.455 e. The SMILES string of the molecule is c1ccc(-c2cccc(Oc3cccc(-c4cccc5c4oc4ccccc45)n3)n2)cc1. The molecule has 152 valence electrons. The van der Waals surface area contributed by atoms with Crippen LogP contribution in [-0.4, -0.2) is 9.97 Å². The number of aromatic nitrogens is 2. The van der Waals surface area contributed by atoms with Crippen molar-refractivity contribution < 1.29 is 9.15 Å². The maximum atomic E-state index is 6.17. The number of hydrogen-bond acceptors (Lipinski definition) is 4. The van der Waals surface area contributed by atoms with Crippen molar-refractivity contribution in [2.24, 2.45) is 0 Å². The number of furan rings is 1. The maximum absolute atomic E-state index is 6.17. The summed E-state index contributed by atoms with van der Waals surface area (Å²) in [5, 5.41) is 2.17. The van der Waals surface area contributed by atoms with Gasteiger partial charge in [0, 0.05) is 34.0 Å². The number of hydrogen-bond donors (Lipinski definition) is 0. The van der Waals surface area contributed by atoms with Crippen LogP contribution in [0, 0.1) is 0 Å². The number of fused-ring (bicyclic) bond motifs is 3. The van der Waals surface area contributed by atoms with E-state index in [-0.39, 0.29) is 0 Å². The summed E-state index contributed by atoms with van der Waals surface area (Å²) in [4.78, 5) is 9.38. The highest BCUT2D eigenvalue weighted by molar-refractivity contribution is 6.09. The molecule has 0 radical (unpaired) electrons. The molecule has 0 unspecified atom stereocenters. The van der Waals surface area contributed by atoms with Gasteiger partial charge < -0.3 is 9.15 Å². The average molecular weight is 414 g/mol. The summed E-state index contributed by atoms with van der Waals surface area (Å²) >= 11 is 0. The van der Waals surface area contributed by atoms with Crippen LogP contribution in [0.3, 0.4) is 0 Å². The Morgan fingerprint density at radius 3 is 2.03 bits per heavy atom. The van der Waals surface area contributed by atoms with E-state index in [0.29, 0.717) is 11.8 Å². The lowest BCUT2D eigenvalue weighted by Crippen LogP contribution is -1.93. The number of ether oxygens (including phenoxy) is 1. The van der Waals surface area contributed by atoms with Crippen LogP contribution in [0.5, 0.6) is 11.8 Å². The van der Waals surface area contributed by atoms with Crippen molar-refractivity contribution in [3.05, 3.63) is 109 Å². The molecule has 4 heteroatoms. The van der Waals surface area contributed by atoms with Gasteiger partial charge in [-0.3, -0.25) is 0 Å². The molecular weight excluding hydrogens is 396 g/mol. The van der Waals surface area contributed by atoms with Gasteiger partial charge in [-0.2, -0.15) is 0 Å². The van der Waals surface area contributed by atoms with Gasteiger partial charge in [-0.15, -0.1) is 0 Å². The van der Waals surface area contributed by atoms with Crippen LogP contribution < -0.4 is 4.74 Å². The lowest BCUT2D eigenvalue weighted by atomic mass is 10.1. The van der Waals surface area contributed by atoms with E-state index in [1.807, 2.05) is 97.1 Å². The highest BCUT2D eigenvalue weighted by Crippen LogP contribution is 2.35. The van der Waals surface area contributed by atoms with Crippen molar-refractivity contribution in [1.82, 2.24) is 9.97 Å². The second-order valence-electron chi connectivity index (χ2n) is 7.47. The van der Waals surface area contributed by atoms with Crippen LogP contribution in [-0.2, 0) is 0 Å². The molecule has 0 N–H and O–H groups in total. The maximum Gasteiger partial charge on any atom is 0.221 e. The lowest BCUT2D eigenvalue weighted by molar-refractivity contribution is 0.446. The van der Waals surface area contributed by atoms with Crippen molar-refractivity contribution in [2.45, 2.75) is 0 Å². The van der Waals surface area contributed by atoms with Crippen molar-refractivity contribution >= 4 is 21.9 Å². The first-order valence-electron chi connectivity index (χ1n) is 10.4. The Bertz CT molecular complexity index is 1550. The van der Waals surface area contributed by atoms with E-state index in [1.165, 1.54) is 0 Å². The quantitative estimate of drug-likeness (QED) is 0.300. The first kappa shape index (κ1) is 18.3. The number of rotatable bonds is 4. The molecule has 0 saturated carbocycles. The Balaban J connectivity index is 1.37. The molecule has 0 atom stereocenters. The molecule has 0 spiro atoms. The van der Waals surface area contributed by atoms with E-state index in [4.69, 9.17) is 14.1 Å². The van der Waals surface area contributed by atoms with Gasteiger partial charge in [-0.25, -0.2) is 9.97 Å². The topological polar surface area (TPSA) is 48.2 Å². The van der Waals surface area contributed by atoms with Gasteiger partial charge in [0.1, 0.15) is 11.2 Å². The minimum atomic E-state index is 0.480. The molecule has 0 fully saturated rings. The Labute approximate surface area is 184 Å². The van der Waals surface area contributed by atoms with E-state index in [2.05, 4.69) is 17.1 Å². The van der Waals surface area contributed by atoms with Gasteiger partial charge in [0.05, 0.1) is 11.4 Å². The highest BCUT2D eigenvalue weighted by Gasteiger charge is 2.13. The predicted octanol–water partition coefficient (Wildman–Crippen LogP) is 7.50. The largest absolute Gasteiger partial charge is 0.455 e. The molecule has 3 aromatic heterocycles. The van der Waals surface area contributed by atoms with Crippen molar-refractivity contribution in [3.8, 4) is 34.3 Å². The minimum absolute atomic E-state index is 0.480. The average Bonchev–Trinajstić information content (AvgIpc) is 3.24. The van der Waals surface area contributed by atoms with E-state index in [9.17, 15) is 0 Å². The molecule has 6 aromatic rings. The van der Waals surface area contributed by atoms with Crippen LogP contribution in [0.4, 0.5) is 0 Å². The number of nitrogens with zero attached hydrogens (tertiary/aromatic N) is 2. The van der Waals surface area contributed by atoms with Gasteiger partial charge in [0.15, 0.2) is 0 Å². The van der Waals surface area contributed by atoms with Crippen LogP contribution in [0.2, 0.25) is 0 Å². The smallest absolute Gasteiger partial charge is 0.221 e. The molecule has 6 rings (SSSR count). The number of para-hydroxylation sites is 2. The lowest BCUT2D eigenvalue weighted by Gasteiger charge is -2.08.